The minimum Gasteiger partial charge on any atom is -0.348 e. The maximum absolute atomic E-state index is 5.81. The Balaban J connectivity index is 2.77. The summed E-state index contributed by atoms with van der Waals surface area (Å²) in [6.45, 7) is 0. The molecule has 0 fully saturated rings. The molecule has 2 aromatic rings. The zero-order valence-electron chi connectivity index (χ0n) is 6.26. The van der Waals surface area contributed by atoms with Gasteiger partial charge in [0.2, 0.25) is 0 Å². The molecule has 0 aliphatic heterocycles. The van der Waals surface area contributed by atoms with Crippen LogP contribution in [0.2, 0.25) is 5.02 Å². The Morgan fingerprint density at radius 2 is 2.17 bits per heavy atom. The van der Waals surface area contributed by atoms with Crippen LogP contribution < -0.4 is 0 Å². The second-order valence-electron chi connectivity index (χ2n) is 2.56. The fourth-order valence-electron chi connectivity index (χ4n) is 1.18. The molecule has 0 saturated heterocycles. The van der Waals surface area contributed by atoms with E-state index in [1.807, 2.05) is 24.3 Å². The molecule has 0 aliphatic rings. The number of rotatable bonds is 0. The number of benzene rings is 1. The summed E-state index contributed by atoms with van der Waals surface area (Å²) in [5, 5.41) is 1.78. The first-order valence-corrected chi connectivity index (χ1v) is 3.92. The lowest BCUT2D eigenvalue weighted by atomic mass is 10.2. The lowest BCUT2D eigenvalue weighted by molar-refractivity contribution is 1.42. The highest BCUT2D eigenvalue weighted by Gasteiger charge is 1.97. The van der Waals surface area contributed by atoms with E-state index in [2.05, 4.69) is 10.9 Å². The molecule has 0 radical (unpaired) electrons. The second kappa shape index (κ2) is 2.58. The predicted molar refractivity (Wildman–Crippen MR) is 51.2 cm³/mol. The second-order valence-corrected chi connectivity index (χ2v) is 3.00. The number of terminal acetylenes is 1. The van der Waals surface area contributed by atoms with Gasteiger partial charge in [-0.05, 0) is 24.3 Å². The van der Waals surface area contributed by atoms with Crippen LogP contribution in [0.3, 0.4) is 0 Å². The molecule has 0 atom stereocenters. The third kappa shape index (κ3) is 1.07. The summed E-state index contributed by atoms with van der Waals surface area (Å²) in [7, 11) is 0. The van der Waals surface area contributed by atoms with Gasteiger partial charge in [-0.1, -0.05) is 17.5 Å². The Morgan fingerprint density at radius 3 is 2.92 bits per heavy atom. The Morgan fingerprint density at radius 1 is 1.33 bits per heavy atom. The monoisotopic (exact) mass is 175 g/mol. The fraction of sp³-hybridized carbons (Fsp3) is 0. The smallest absolute Gasteiger partial charge is 0.0901 e. The molecule has 1 N–H and O–H groups in total. The molecular weight excluding hydrogens is 170 g/mol. The Labute approximate surface area is 75.4 Å². The minimum absolute atomic E-state index is 0.727. The first-order chi connectivity index (χ1) is 5.79. The van der Waals surface area contributed by atoms with Crippen molar-refractivity contribution in [3.8, 4) is 12.3 Å². The minimum atomic E-state index is 0.727. The molecule has 12 heavy (non-hydrogen) atoms. The van der Waals surface area contributed by atoms with Crippen molar-refractivity contribution in [2.45, 2.75) is 0 Å². The molecule has 1 aromatic heterocycles. The third-order valence-electron chi connectivity index (χ3n) is 1.74. The van der Waals surface area contributed by atoms with E-state index < -0.39 is 0 Å². The van der Waals surface area contributed by atoms with Gasteiger partial charge in [-0.15, -0.1) is 6.42 Å². The number of aromatic amines is 1. The van der Waals surface area contributed by atoms with E-state index >= 15 is 0 Å². The van der Waals surface area contributed by atoms with Gasteiger partial charge in [0, 0.05) is 15.9 Å². The zero-order chi connectivity index (χ0) is 8.55. The first-order valence-electron chi connectivity index (χ1n) is 3.54. The summed E-state index contributed by atoms with van der Waals surface area (Å²) in [5.74, 6) is 2.54. The van der Waals surface area contributed by atoms with Crippen molar-refractivity contribution < 1.29 is 0 Å². The maximum Gasteiger partial charge on any atom is 0.0901 e. The lowest BCUT2D eigenvalue weighted by Gasteiger charge is -1.88. The highest BCUT2D eigenvalue weighted by Crippen LogP contribution is 2.19. The molecule has 58 valence electrons. The summed E-state index contributed by atoms with van der Waals surface area (Å²) >= 11 is 5.81. The van der Waals surface area contributed by atoms with Gasteiger partial charge in [0.05, 0.1) is 5.69 Å². The van der Waals surface area contributed by atoms with Crippen LogP contribution in [0.25, 0.3) is 10.9 Å². The molecule has 0 spiro atoms. The van der Waals surface area contributed by atoms with Crippen LogP contribution in [0.15, 0.2) is 24.3 Å². The molecule has 2 rings (SSSR count). The van der Waals surface area contributed by atoms with Crippen LogP contribution >= 0.6 is 11.6 Å². The molecule has 0 bridgehead atoms. The van der Waals surface area contributed by atoms with Gasteiger partial charge < -0.3 is 4.98 Å². The summed E-state index contributed by atoms with van der Waals surface area (Å²) < 4.78 is 0. The van der Waals surface area contributed by atoms with Gasteiger partial charge in [0.25, 0.3) is 0 Å². The van der Waals surface area contributed by atoms with E-state index in [1.165, 1.54) is 0 Å². The Hall–Kier alpha value is -1.39. The molecule has 0 amide bonds. The quantitative estimate of drug-likeness (QED) is 0.593. The van der Waals surface area contributed by atoms with Crippen LogP contribution in [0.5, 0.6) is 0 Å². The van der Waals surface area contributed by atoms with Crippen molar-refractivity contribution in [1.29, 1.82) is 0 Å². The number of H-pyrrole nitrogens is 1. The summed E-state index contributed by atoms with van der Waals surface area (Å²) in [6, 6.07) is 7.54. The number of hydrogen-bond donors (Lipinski definition) is 1. The zero-order valence-corrected chi connectivity index (χ0v) is 7.02. The number of nitrogens with one attached hydrogen (secondary N) is 1. The van der Waals surface area contributed by atoms with Crippen LogP contribution in [-0.2, 0) is 0 Å². The number of hydrogen-bond acceptors (Lipinski definition) is 0. The van der Waals surface area contributed by atoms with Crippen molar-refractivity contribution in [3.05, 3.63) is 35.0 Å². The average Bonchev–Trinajstić information content (AvgIpc) is 2.46. The molecule has 1 aromatic carbocycles. The highest BCUT2D eigenvalue weighted by molar-refractivity contribution is 6.31. The molecule has 0 saturated carbocycles. The summed E-state index contributed by atoms with van der Waals surface area (Å²) in [4.78, 5) is 3.08. The van der Waals surface area contributed by atoms with Gasteiger partial charge in [0.1, 0.15) is 0 Å². The largest absolute Gasteiger partial charge is 0.348 e. The van der Waals surface area contributed by atoms with Gasteiger partial charge in [-0.3, -0.25) is 0 Å². The van der Waals surface area contributed by atoms with Crippen molar-refractivity contribution in [1.82, 2.24) is 4.98 Å². The summed E-state index contributed by atoms with van der Waals surface area (Å²) in [5.41, 5.74) is 1.81. The highest BCUT2D eigenvalue weighted by atomic mass is 35.5. The van der Waals surface area contributed by atoms with Gasteiger partial charge >= 0.3 is 0 Å². The molecule has 2 heteroatoms. The molecule has 0 aliphatic carbocycles. The SMILES string of the molecule is C#Cc1cc2cc(Cl)ccc2[nH]1. The van der Waals surface area contributed by atoms with Crippen molar-refractivity contribution in [2.75, 3.05) is 0 Å². The Bertz CT molecular complexity index is 462. The topological polar surface area (TPSA) is 15.8 Å². The van der Waals surface area contributed by atoms with Crippen molar-refractivity contribution >= 4 is 22.5 Å². The van der Waals surface area contributed by atoms with Gasteiger partial charge in [0.15, 0.2) is 0 Å². The van der Waals surface area contributed by atoms with Crippen LogP contribution in [0.1, 0.15) is 5.69 Å². The van der Waals surface area contributed by atoms with Gasteiger partial charge in [-0.25, -0.2) is 0 Å². The average molecular weight is 176 g/mol. The van der Waals surface area contributed by atoms with Crippen molar-refractivity contribution in [2.24, 2.45) is 0 Å². The van der Waals surface area contributed by atoms with E-state index in [1.54, 1.807) is 0 Å². The van der Waals surface area contributed by atoms with Crippen LogP contribution in [0, 0.1) is 12.3 Å². The van der Waals surface area contributed by atoms with E-state index in [0.29, 0.717) is 0 Å². The first kappa shape index (κ1) is 7.27. The van der Waals surface area contributed by atoms with E-state index in [4.69, 9.17) is 18.0 Å². The van der Waals surface area contributed by atoms with Crippen LogP contribution in [-0.4, -0.2) is 4.98 Å². The molecule has 1 nitrogen and oxygen atoms in total. The van der Waals surface area contributed by atoms with Crippen molar-refractivity contribution in [3.63, 3.8) is 0 Å². The van der Waals surface area contributed by atoms with Crippen LogP contribution in [0.4, 0.5) is 0 Å². The number of fused-ring (bicyclic) bond motifs is 1. The molecule has 1 heterocycles. The summed E-state index contributed by atoms with van der Waals surface area (Å²) in [6.07, 6.45) is 5.24. The fourth-order valence-corrected chi connectivity index (χ4v) is 1.36. The maximum atomic E-state index is 5.81. The molecule has 0 unspecified atom stereocenters. The van der Waals surface area contributed by atoms with E-state index in [-0.39, 0.29) is 0 Å². The third-order valence-corrected chi connectivity index (χ3v) is 1.97. The Kier molecular flexibility index (Phi) is 1.56. The van der Waals surface area contributed by atoms with Gasteiger partial charge in [-0.2, -0.15) is 0 Å². The predicted octanol–water partition coefficient (Wildman–Crippen LogP) is 2.80. The number of halogens is 1. The normalized spacial score (nSPS) is 10.0. The standard InChI is InChI=1S/C10H6ClN/c1-2-9-6-7-5-8(11)3-4-10(7)12-9/h1,3-6,12H. The number of aromatic nitrogens is 1. The van der Waals surface area contributed by atoms with E-state index in [9.17, 15) is 0 Å². The lowest BCUT2D eigenvalue weighted by Crippen LogP contribution is -1.68. The molecular formula is C10H6ClN. The van der Waals surface area contributed by atoms with E-state index in [0.717, 1.165) is 21.6 Å².